The molecule has 1 aliphatic heterocycles. The van der Waals surface area contributed by atoms with Gasteiger partial charge in [-0.05, 0) is 12.8 Å². The lowest BCUT2D eigenvalue weighted by Gasteiger charge is -2.07. The first-order chi connectivity index (χ1) is 4.93. The summed E-state index contributed by atoms with van der Waals surface area (Å²) in [5.41, 5.74) is 0. The topological polar surface area (TPSA) is 18.5 Å². The van der Waals surface area contributed by atoms with E-state index in [0.29, 0.717) is 25.2 Å². The van der Waals surface area contributed by atoms with Crippen LogP contribution in [0.2, 0.25) is 0 Å². The molecule has 1 rings (SSSR count). The minimum absolute atomic E-state index is 0.336. The summed E-state index contributed by atoms with van der Waals surface area (Å²) in [6.07, 6.45) is 2.65. The fourth-order valence-electron chi connectivity index (χ4n) is 1.05. The highest BCUT2D eigenvalue weighted by molar-refractivity contribution is 6.17. The van der Waals surface area contributed by atoms with Crippen LogP contribution < -0.4 is 0 Å². The third kappa shape index (κ3) is 2.86. The summed E-state index contributed by atoms with van der Waals surface area (Å²) in [6.45, 7) is 2.25. The Morgan fingerprint density at radius 2 is 2.50 bits per heavy atom. The molecule has 0 N–H and O–H groups in total. The number of rotatable bonds is 4. The van der Waals surface area contributed by atoms with Crippen molar-refractivity contribution in [3.63, 3.8) is 0 Å². The largest absolute Gasteiger partial charge is 0.378 e. The van der Waals surface area contributed by atoms with E-state index in [0.717, 1.165) is 13.0 Å². The monoisotopic (exact) mass is 164 g/mol. The maximum atomic E-state index is 5.42. The molecule has 1 fully saturated rings. The van der Waals surface area contributed by atoms with Crippen LogP contribution in [0.3, 0.4) is 0 Å². The lowest BCUT2D eigenvalue weighted by Crippen LogP contribution is -2.14. The predicted octanol–water partition coefficient (Wildman–Crippen LogP) is 1.42. The van der Waals surface area contributed by atoms with Crippen LogP contribution in [0.5, 0.6) is 0 Å². The van der Waals surface area contributed by atoms with Crippen molar-refractivity contribution in [2.45, 2.75) is 18.9 Å². The molecule has 1 atom stereocenters. The smallest absolute Gasteiger partial charge is 0.0809 e. The number of hydrogen-bond donors (Lipinski definition) is 0. The standard InChI is InChI=1S/C7H13ClO2/c8-3-5-9-6-7-2-1-4-10-7/h7H,1-6H2. The molecule has 2 nitrogen and oxygen atoms in total. The van der Waals surface area contributed by atoms with E-state index >= 15 is 0 Å². The molecule has 0 saturated carbocycles. The van der Waals surface area contributed by atoms with Gasteiger partial charge in [-0.25, -0.2) is 0 Å². The van der Waals surface area contributed by atoms with Crippen molar-refractivity contribution in [2.75, 3.05) is 25.7 Å². The van der Waals surface area contributed by atoms with Gasteiger partial charge in [-0.15, -0.1) is 11.6 Å². The van der Waals surface area contributed by atoms with Crippen LogP contribution in [0, 0.1) is 0 Å². The van der Waals surface area contributed by atoms with Gasteiger partial charge in [-0.2, -0.15) is 0 Å². The van der Waals surface area contributed by atoms with Crippen LogP contribution in [-0.2, 0) is 9.47 Å². The van der Waals surface area contributed by atoms with E-state index in [9.17, 15) is 0 Å². The molecule has 3 heteroatoms. The van der Waals surface area contributed by atoms with Gasteiger partial charge in [0.2, 0.25) is 0 Å². The molecule has 0 aromatic carbocycles. The molecule has 0 aromatic rings. The van der Waals surface area contributed by atoms with Crippen molar-refractivity contribution in [3.8, 4) is 0 Å². The van der Waals surface area contributed by atoms with Gasteiger partial charge < -0.3 is 9.47 Å². The van der Waals surface area contributed by atoms with Crippen molar-refractivity contribution >= 4 is 11.6 Å². The van der Waals surface area contributed by atoms with E-state index in [1.807, 2.05) is 0 Å². The molecule has 1 aliphatic rings. The van der Waals surface area contributed by atoms with Crippen LogP contribution in [0.25, 0.3) is 0 Å². The fraction of sp³-hybridized carbons (Fsp3) is 1.00. The molecule has 60 valence electrons. The molecule has 0 spiro atoms. The van der Waals surface area contributed by atoms with E-state index in [1.165, 1.54) is 6.42 Å². The lowest BCUT2D eigenvalue weighted by molar-refractivity contribution is 0.0223. The van der Waals surface area contributed by atoms with Gasteiger partial charge in [0.05, 0.1) is 19.3 Å². The van der Waals surface area contributed by atoms with Crippen molar-refractivity contribution in [1.29, 1.82) is 0 Å². The summed E-state index contributed by atoms with van der Waals surface area (Å²) in [7, 11) is 0. The zero-order valence-electron chi connectivity index (χ0n) is 6.01. The van der Waals surface area contributed by atoms with Gasteiger partial charge in [0.25, 0.3) is 0 Å². The first kappa shape index (κ1) is 8.31. The highest BCUT2D eigenvalue weighted by Crippen LogP contribution is 2.11. The highest BCUT2D eigenvalue weighted by atomic mass is 35.5. The van der Waals surface area contributed by atoms with E-state index in [2.05, 4.69) is 0 Å². The zero-order chi connectivity index (χ0) is 7.23. The highest BCUT2D eigenvalue weighted by Gasteiger charge is 2.14. The van der Waals surface area contributed by atoms with Gasteiger partial charge in [0.1, 0.15) is 0 Å². The average molecular weight is 165 g/mol. The Hall–Kier alpha value is 0.210. The third-order valence-electron chi connectivity index (χ3n) is 1.55. The predicted molar refractivity (Wildman–Crippen MR) is 40.5 cm³/mol. The molecule has 10 heavy (non-hydrogen) atoms. The summed E-state index contributed by atoms with van der Waals surface area (Å²) in [4.78, 5) is 0. The minimum atomic E-state index is 0.336. The van der Waals surface area contributed by atoms with Gasteiger partial charge in [0.15, 0.2) is 0 Å². The lowest BCUT2D eigenvalue weighted by atomic mass is 10.2. The maximum Gasteiger partial charge on any atom is 0.0809 e. The number of alkyl halides is 1. The number of ether oxygens (including phenoxy) is 2. The van der Waals surface area contributed by atoms with Crippen molar-refractivity contribution in [3.05, 3.63) is 0 Å². The summed E-state index contributed by atoms with van der Waals surface area (Å²) in [5.74, 6) is 0.576. The SMILES string of the molecule is ClCCOCC1CCCO1. The Morgan fingerprint density at radius 3 is 3.10 bits per heavy atom. The minimum Gasteiger partial charge on any atom is -0.378 e. The molecule has 0 radical (unpaired) electrons. The Bertz CT molecular complexity index is 81.7. The Balaban J connectivity index is 1.91. The van der Waals surface area contributed by atoms with Crippen LogP contribution in [-0.4, -0.2) is 31.8 Å². The zero-order valence-corrected chi connectivity index (χ0v) is 6.77. The summed E-state index contributed by atoms with van der Waals surface area (Å²) in [6, 6.07) is 0. The summed E-state index contributed by atoms with van der Waals surface area (Å²) >= 11 is 5.42. The van der Waals surface area contributed by atoms with Crippen LogP contribution in [0.1, 0.15) is 12.8 Å². The molecule has 1 unspecified atom stereocenters. The Labute approximate surface area is 66.5 Å². The van der Waals surface area contributed by atoms with Crippen LogP contribution >= 0.6 is 11.6 Å². The van der Waals surface area contributed by atoms with Crippen molar-refractivity contribution in [2.24, 2.45) is 0 Å². The molecular weight excluding hydrogens is 152 g/mol. The van der Waals surface area contributed by atoms with E-state index in [1.54, 1.807) is 0 Å². The summed E-state index contributed by atoms with van der Waals surface area (Å²) < 4.78 is 10.5. The number of hydrogen-bond acceptors (Lipinski definition) is 2. The first-order valence-electron chi connectivity index (χ1n) is 3.69. The van der Waals surface area contributed by atoms with Gasteiger partial charge >= 0.3 is 0 Å². The molecule has 0 aromatic heterocycles. The van der Waals surface area contributed by atoms with Crippen LogP contribution in [0.4, 0.5) is 0 Å². The van der Waals surface area contributed by atoms with E-state index in [4.69, 9.17) is 21.1 Å². The molecule has 0 amide bonds. The average Bonchev–Trinajstić information content (AvgIpc) is 2.41. The first-order valence-corrected chi connectivity index (χ1v) is 4.22. The quantitative estimate of drug-likeness (QED) is 0.462. The second-order valence-electron chi connectivity index (χ2n) is 2.40. The molecule has 0 aliphatic carbocycles. The van der Waals surface area contributed by atoms with Crippen LogP contribution in [0.15, 0.2) is 0 Å². The van der Waals surface area contributed by atoms with E-state index in [-0.39, 0.29) is 0 Å². The van der Waals surface area contributed by atoms with Crippen molar-refractivity contribution < 1.29 is 9.47 Å². The Morgan fingerprint density at radius 1 is 1.60 bits per heavy atom. The summed E-state index contributed by atoms with van der Waals surface area (Å²) in [5, 5.41) is 0. The van der Waals surface area contributed by atoms with Crippen molar-refractivity contribution in [1.82, 2.24) is 0 Å². The molecular formula is C7H13ClO2. The Kier molecular flexibility index (Phi) is 4.10. The van der Waals surface area contributed by atoms with Gasteiger partial charge in [-0.3, -0.25) is 0 Å². The second kappa shape index (κ2) is 4.94. The van der Waals surface area contributed by atoms with Gasteiger partial charge in [0, 0.05) is 12.5 Å². The van der Waals surface area contributed by atoms with Gasteiger partial charge in [-0.1, -0.05) is 0 Å². The normalized spacial score (nSPS) is 25.5. The molecule has 1 heterocycles. The maximum absolute atomic E-state index is 5.42. The molecule has 0 bridgehead atoms. The fourth-order valence-corrected chi connectivity index (χ4v) is 1.15. The van der Waals surface area contributed by atoms with E-state index < -0.39 is 0 Å². The molecule has 1 saturated heterocycles. The number of halogens is 1. The third-order valence-corrected chi connectivity index (χ3v) is 1.70. The second-order valence-corrected chi connectivity index (χ2v) is 2.78.